The van der Waals surface area contributed by atoms with Crippen molar-refractivity contribution in [1.82, 2.24) is 5.32 Å². The number of aliphatic hydroxyl groups is 2. The minimum absolute atomic E-state index is 0.0139. The van der Waals surface area contributed by atoms with Gasteiger partial charge in [0.2, 0.25) is 5.91 Å². The smallest absolute Gasteiger partial charge is 0.305 e. The lowest BCUT2D eigenvalue weighted by Crippen LogP contribution is -2.45. The number of hydrogen-bond acceptors (Lipinski definition) is 5. The summed E-state index contributed by atoms with van der Waals surface area (Å²) in [4.78, 5) is 24.6. The Morgan fingerprint density at radius 1 is 0.310 bits per heavy atom. The van der Waals surface area contributed by atoms with Gasteiger partial charge < -0.3 is 20.3 Å². The third-order valence-corrected chi connectivity index (χ3v) is 18.6. The first-order valence-corrected chi connectivity index (χ1v) is 39.8. The molecule has 1 amide bonds. The van der Waals surface area contributed by atoms with Gasteiger partial charge in [-0.3, -0.25) is 9.59 Å². The second-order valence-electron chi connectivity index (χ2n) is 27.4. The molecule has 0 saturated heterocycles. The molecule has 2 unspecified atom stereocenters. The quantitative estimate of drug-likeness (QED) is 0.0320. The van der Waals surface area contributed by atoms with Crippen LogP contribution in [0.2, 0.25) is 0 Å². The molecule has 3 N–H and O–H groups in total. The third kappa shape index (κ3) is 73.0. The van der Waals surface area contributed by atoms with Gasteiger partial charge >= 0.3 is 5.97 Å². The molecule has 2 atom stereocenters. The van der Waals surface area contributed by atoms with Crippen LogP contribution < -0.4 is 5.32 Å². The zero-order valence-electron chi connectivity index (χ0n) is 59.0. The highest BCUT2D eigenvalue weighted by Gasteiger charge is 2.18. The van der Waals surface area contributed by atoms with Gasteiger partial charge in [-0.25, -0.2) is 0 Å². The number of unbranched alkanes of at least 4 members (excludes halogenated alkanes) is 60. The Kier molecular flexibility index (Phi) is 74.8. The zero-order valence-corrected chi connectivity index (χ0v) is 59.0. The largest absolute Gasteiger partial charge is 0.466 e. The molecule has 514 valence electrons. The van der Waals surface area contributed by atoms with E-state index in [0.29, 0.717) is 19.4 Å². The predicted octanol–water partition coefficient (Wildman–Crippen LogP) is 26.2. The summed E-state index contributed by atoms with van der Waals surface area (Å²) in [6.45, 7) is 4.94. The molecule has 0 aromatic carbocycles. The molecule has 0 fully saturated rings. The fraction of sp³-hybridized carbons (Fsp3) is 0.901. The zero-order chi connectivity index (χ0) is 62.8. The van der Waals surface area contributed by atoms with Gasteiger partial charge in [0.25, 0.3) is 0 Å². The molecule has 0 heterocycles. The van der Waals surface area contributed by atoms with Crippen LogP contribution in [0.4, 0.5) is 0 Å². The Labute approximate surface area is 544 Å². The molecule has 0 aliphatic heterocycles. The molecule has 6 nitrogen and oxygen atoms in total. The second-order valence-corrected chi connectivity index (χ2v) is 27.4. The maximum absolute atomic E-state index is 12.5. The molecular weight excluding hydrogens is 1070 g/mol. The summed E-state index contributed by atoms with van der Waals surface area (Å²) in [5.41, 5.74) is 0. The fourth-order valence-corrected chi connectivity index (χ4v) is 12.6. The summed E-state index contributed by atoms with van der Waals surface area (Å²) in [5.74, 6) is -0.0463. The number of carbonyl (C=O) groups is 2. The summed E-state index contributed by atoms with van der Waals surface area (Å²) >= 11 is 0. The average Bonchev–Trinajstić information content (AvgIpc) is 3.52. The third-order valence-electron chi connectivity index (χ3n) is 18.6. The number of carbonyl (C=O) groups excluding carboxylic acids is 2. The van der Waals surface area contributed by atoms with E-state index in [-0.39, 0.29) is 18.5 Å². The minimum atomic E-state index is -0.842. The maximum atomic E-state index is 12.5. The van der Waals surface area contributed by atoms with Gasteiger partial charge in [-0.2, -0.15) is 0 Å². The van der Waals surface area contributed by atoms with Crippen molar-refractivity contribution >= 4 is 11.9 Å². The van der Waals surface area contributed by atoms with Crippen LogP contribution in [0, 0.1) is 0 Å². The Bertz CT molecular complexity index is 1410. The lowest BCUT2D eigenvalue weighted by molar-refractivity contribution is -0.143. The highest BCUT2D eigenvalue weighted by molar-refractivity contribution is 5.76. The molecule has 0 aromatic heterocycles. The number of aliphatic hydroxyl groups excluding tert-OH is 2. The monoisotopic (exact) mass is 1220 g/mol. The van der Waals surface area contributed by atoms with E-state index in [9.17, 15) is 19.8 Å². The van der Waals surface area contributed by atoms with E-state index >= 15 is 0 Å². The standard InChI is InChI=1S/C81H155NO5/c1-3-5-7-9-11-13-15-17-19-20-42-46-49-53-57-61-65-69-73-79(84)78(77-83)82-80(85)74-70-66-62-58-54-50-47-43-40-38-36-34-32-30-28-26-24-22-21-23-25-27-29-31-33-35-37-39-41-44-48-52-56-60-64-68-72-76-87-81(86)75-71-67-63-59-55-51-45-18-16-14-12-10-8-6-4-2/h18,21,23,45,69,73,78-79,83-84H,3-17,19-20,22,24-44,46-68,70-72,74-77H2,1-2H3,(H,82,85)/b23-21-,45-18-,73-69+. The van der Waals surface area contributed by atoms with Crippen LogP contribution in [0.15, 0.2) is 36.5 Å². The van der Waals surface area contributed by atoms with Crippen molar-refractivity contribution in [3.8, 4) is 0 Å². The van der Waals surface area contributed by atoms with Crippen molar-refractivity contribution in [2.24, 2.45) is 0 Å². The van der Waals surface area contributed by atoms with Crippen LogP contribution in [0.5, 0.6) is 0 Å². The molecule has 0 saturated carbocycles. The summed E-state index contributed by atoms with van der Waals surface area (Å²) in [6, 6.07) is -0.625. The first-order valence-electron chi connectivity index (χ1n) is 39.8. The molecule has 0 aromatic rings. The summed E-state index contributed by atoms with van der Waals surface area (Å²) in [7, 11) is 0. The lowest BCUT2D eigenvalue weighted by atomic mass is 10.0. The van der Waals surface area contributed by atoms with Gasteiger partial charge in [-0.05, 0) is 83.5 Å². The van der Waals surface area contributed by atoms with Crippen LogP contribution >= 0.6 is 0 Å². The fourth-order valence-electron chi connectivity index (χ4n) is 12.6. The number of ether oxygens (including phenoxy) is 1. The van der Waals surface area contributed by atoms with E-state index in [0.717, 1.165) is 44.9 Å². The van der Waals surface area contributed by atoms with E-state index < -0.39 is 12.1 Å². The van der Waals surface area contributed by atoms with Gasteiger partial charge in [-0.1, -0.05) is 384 Å². The normalized spacial score (nSPS) is 12.6. The predicted molar refractivity (Wildman–Crippen MR) is 384 cm³/mol. The molecular formula is C81H155NO5. The molecule has 0 bridgehead atoms. The molecule has 6 heteroatoms. The summed E-state index contributed by atoms with van der Waals surface area (Å²) in [5, 5.41) is 23.2. The summed E-state index contributed by atoms with van der Waals surface area (Å²) < 4.78 is 5.50. The average molecular weight is 1220 g/mol. The van der Waals surface area contributed by atoms with E-state index in [1.165, 1.54) is 372 Å². The van der Waals surface area contributed by atoms with Crippen molar-refractivity contribution < 1.29 is 24.5 Å². The number of allylic oxidation sites excluding steroid dienone is 5. The molecule has 0 aliphatic carbocycles. The number of nitrogens with one attached hydrogen (secondary N) is 1. The van der Waals surface area contributed by atoms with Crippen molar-refractivity contribution in [2.45, 2.75) is 456 Å². The molecule has 0 rings (SSSR count). The SMILES string of the molecule is CCCCCCCC/C=C\CCCCCCCC(=O)OCCCCCCCCCCCCCCCCCC/C=C\CCCCCCCCCCCCCCCCCCCC(=O)NC(CO)C(O)/C=C/CCCCCCCCCCCCCCCCCC. The van der Waals surface area contributed by atoms with Gasteiger partial charge in [0.1, 0.15) is 0 Å². The second kappa shape index (κ2) is 76.5. The lowest BCUT2D eigenvalue weighted by Gasteiger charge is -2.20. The summed E-state index contributed by atoms with van der Waals surface area (Å²) in [6.07, 6.45) is 99.9. The minimum Gasteiger partial charge on any atom is -0.466 e. The van der Waals surface area contributed by atoms with Crippen molar-refractivity contribution in [2.75, 3.05) is 13.2 Å². The number of hydrogen-bond donors (Lipinski definition) is 3. The highest BCUT2D eigenvalue weighted by Crippen LogP contribution is 2.19. The molecule has 0 aliphatic rings. The first-order chi connectivity index (χ1) is 43.0. The number of rotatable bonds is 75. The maximum Gasteiger partial charge on any atom is 0.305 e. The van der Waals surface area contributed by atoms with E-state index in [2.05, 4.69) is 43.5 Å². The van der Waals surface area contributed by atoms with E-state index in [1.807, 2.05) is 6.08 Å². The van der Waals surface area contributed by atoms with E-state index in [4.69, 9.17) is 4.74 Å². The topological polar surface area (TPSA) is 95.9 Å². The number of esters is 1. The van der Waals surface area contributed by atoms with Crippen LogP contribution in [0.3, 0.4) is 0 Å². The van der Waals surface area contributed by atoms with Crippen LogP contribution in [-0.2, 0) is 14.3 Å². The Balaban J connectivity index is 3.35. The Morgan fingerprint density at radius 3 is 0.816 bits per heavy atom. The molecule has 87 heavy (non-hydrogen) atoms. The van der Waals surface area contributed by atoms with Crippen molar-refractivity contribution in [3.63, 3.8) is 0 Å². The molecule has 0 spiro atoms. The van der Waals surface area contributed by atoms with Crippen molar-refractivity contribution in [3.05, 3.63) is 36.5 Å². The van der Waals surface area contributed by atoms with Crippen molar-refractivity contribution in [1.29, 1.82) is 0 Å². The van der Waals surface area contributed by atoms with Crippen LogP contribution in [-0.4, -0.2) is 47.4 Å². The van der Waals surface area contributed by atoms with Gasteiger partial charge in [0.15, 0.2) is 0 Å². The van der Waals surface area contributed by atoms with Gasteiger partial charge in [0.05, 0.1) is 25.4 Å². The van der Waals surface area contributed by atoms with Crippen LogP contribution in [0.1, 0.15) is 444 Å². The number of amides is 1. The Morgan fingerprint density at radius 2 is 0.540 bits per heavy atom. The van der Waals surface area contributed by atoms with Gasteiger partial charge in [0, 0.05) is 12.8 Å². The molecule has 0 radical (unpaired) electrons. The van der Waals surface area contributed by atoms with E-state index in [1.54, 1.807) is 6.08 Å². The highest BCUT2D eigenvalue weighted by atomic mass is 16.5. The first kappa shape index (κ1) is 85.1. The van der Waals surface area contributed by atoms with Gasteiger partial charge in [-0.15, -0.1) is 0 Å². The Hall–Kier alpha value is -1.92. The van der Waals surface area contributed by atoms with Crippen LogP contribution in [0.25, 0.3) is 0 Å².